The van der Waals surface area contributed by atoms with Gasteiger partial charge in [-0.1, -0.05) is 46.7 Å². The van der Waals surface area contributed by atoms with E-state index in [4.69, 9.17) is 28.9 Å². The summed E-state index contributed by atoms with van der Waals surface area (Å²) in [6.07, 6.45) is -4.12. The molecule has 1 fully saturated rings. The zero-order valence-corrected chi connectivity index (χ0v) is 20.8. The molecule has 3 N–H and O–H groups in total. The molecule has 0 radical (unpaired) electrons. The van der Waals surface area contributed by atoms with E-state index in [1.54, 1.807) is 24.3 Å². The van der Waals surface area contributed by atoms with Gasteiger partial charge in [0.15, 0.2) is 5.13 Å². The highest BCUT2D eigenvalue weighted by Gasteiger charge is 2.58. The number of nitrogens with zero attached hydrogens (tertiary/aromatic N) is 2. The van der Waals surface area contributed by atoms with Crippen LogP contribution in [0.2, 0.25) is 10.0 Å². The molecule has 0 unspecified atom stereocenters. The normalized spacial score (nSPS) is 14.3. The van der Waals surface area contributed by atoms with Gasteiger partial charge in [0.1, 0.15) is 10.3 Å². The molecule has 1 heterocycles. The molecule has 7 nitrogen and oxygen atoms in total. The van der Waals surface area contributed by atoms with E-state index in [2.05, 4.69) is 10.3 Å². The Bertz CT molecular complexity index is 1390. The molecule has 3 aromatic rings. The van der Waals surface area contributed by atoms with Gasteiger partial charge in [-0.15, -0.1) is 0 Å². The number of thiazole rings is 1. The molecular weight excluding hydrogens is 540 g/mol. The van der Waals surface area contributed by atoms with Crippen LogP contribution in [0.5, 0.6) is 0 Å². The maximum Gasteiger partial charge on any atom is 0.416 e. The highest BCUT2D eigenvalue weighted by atomic mass is 35.5. The molecule has 36 heavy (non-hydrogen) atoms. The molecule has 0 atom stereocenters. The first kappa shape index (κ1) is 25.9. The monoisotopic (exact) mass is 556 g/mol. The zero-order valence-electron chi connectivity index (χ0n) is 18.5. The Morgan fingerprint density at radius 3 is 2.36 bits per heavy atom. The summed E-state index contributed by atoms with van der Waals surface area (Å²) in [5.74, 6) is -2.19. The SMILES string of the molecule is Cc1nc(N(C(=O)C2(C(N)=O)CC2)c2ccccc2Cl)sc1C(=O)Nc1cc(C(F)(F)F)ccc1Cl. The van der Waals surface area contributed by atoms with Crippen LogP contribution in [0, 0.1) is 12.3 Å². The predicted octanol–water partition coefficient (Wildman–Crippen LogP) is 5.96. The lowest BCUT2D eigenvalue weighted by Crippen LogP contribution is -2.41. The van der Waals surface area contributed by atoms with Crippen molar-refractivity contribution in [2.45, 2.75) is 25.9 Å². The highest BCUT2D eigenvalue weighted by molar-refractivity contribution is 7.18. The minimum absolute atomic E-state index is 0.0206. The molecule has 13 heteroatoms. The standard InChI is InChI=1S/C23H17Cl2F3N4O3S/c1-11-17(18(33)31-15-10-12(23(26,27)28)6-7-13(15)24)36-21(30-11)32(16-5-3-2-4-14(16)25)20(35)22(8-9-22)19(29)34/h2-7,10H,8-9H2,1H3,(H2,29,34)(H,31,33). The van der Waals surface area contributed by atoms with Crippen LogP contribution in [0.4, 0.5) is 29.7 Å². The van der Waals surface area contributed by atoms with Gasteiger partial charge in [-0.05, 0) is 50.1 Å². The first-order chi connectivity index (χ1) is 16.8. The van der Waals surface area contributed by atoms with Gasteiger partial charge in [0.2, 0.25) is 11.8 Å². The van der Waals surface area contributed by atoms with E-state index < -0.39 is 34.9 Å². The molecule has 1 aliphatic rings. The molecule has 2 aromatic carbocycles. The Kier molecular flexibility index (Phi) is 6.76. The Balaban J connectivity index is 1.72. The van der Waals surface area contributed by atoms with E-state index in [0.29, 0.717) is 0 Å². The summed E-state index contributed by atoms with van der Waals surface area (Å²) in [5.41, 5.74) is 3.30. The van der Waals surface area contributed by atoms with Gasteiger partial charge in [0, 0.05) is 0 Å². The van der Waals surface area contributed by atoms with Gasteiger partial charge < -0.3 is 11.1 Å². The number of primary amides is 1. The fraction of sp³-hybridized carbons (Fsp3) is 0.217. The lowest BCUT2D eigenvalue weighted by atomic mass is 10.0. The summed E-state index contributed by atoms with van der Waals surface area (Å²) < 4.78 is 39.3. The predicted molar refractivity (Wildman–Crippen MR) is 131 cm³/mol. The van der Waals surface area contributed by atoms with E-state index in [1.165, 1.54) is 6.92 Å². The maximum atomic E-state index is 13.5. The zero-order chi connectivity index (χ0) is 26.4. The minimum atomic E-state index is -4.63. The topological polar surface area (TPSA) is 105 Å². The number of hydrogen-bond donors (Lipinski definition) is 2. The fourth-order valence-electron chi connectivity index (χ4n) is 3.50. The van der Waals surface area contributed by atoms with Crippen LogP contribution >= 0.6 is 34.5 Å². The molecule has 0 spiro atoms. The van der Waals surface area contributed by atoms with Crippen LogP contribution in [0.15, 0.2) is 42.5 Å². The molecule has 1 aliphatic carbocycles. The number of nitrogens with two attached hydrogens (primary N) is 1. The lowest BCUT2D eigenvalue weighted by molar-refractivity contribution is -0.137. The van der Waals surface area contributed by atoms with Crippen molar-refractivity contribution in [3.63, 3.8) is 0 Å². The Morgan fingerprint density at radius 1 is 1.11 bits per heavy atom. The Morgan fingerprint density at radius 2 is 1.78 bits per heavy atom. The van der Waals surface area contributed by atoms with Crippen molar-refractivity contribution in [2.24, 2.45) is 11.1 Å². The lowest BCUT2D eigenvalue weighted by Gasteiger charge is -2.24. The molecule has 1 saturated carbocycles. The van der Waals surface area contributed by atoms with Crippen LogP contribution in [0.1, 0.15) is 33.8 Å². The summed E-state index contributed by atoms with van der Waals surface area (Å²) in [7, 11) is 0. The van der Waals surface area contributed by atoms with Crippen molar-refractivity contribution in [1.29, 1.82) is 0 Å². The van der Waals surface area contributed by atoms with Gasteiger partial charge in [-0.25, -0.2) is 4.98 Å². The third-order valence-corrected chi connectivity index (χ3v) is 7.44. The average molecular weight is 557 g/mol. The van der Waals surface area contributed by atoms with Crippen molar-refractivity contribution in [3.8, 4) is 0 Å². The van der Waals surface area contributed by atoms with Crippen molar-refractivity contribution < 1.29 is 27.6 Å². The third kappa shape index (κ3) is 4.78. The third-order valence-electron chi connectivity index (χ3n) is 5.65. The van der Waals surface area contributed by atoms with Gasteiger partial charge >= 0.3 is 6.18 Å². The summed E-state index contributed by atoms with van der Waals surface area (Å²) in [6, 6.07) is 8.94. The largest absolute Gasteiger partial charge is 0.416 e. The number of nitrogens with one attached hydrogen (secondary N) is 1. The fourth-order valence-corrected chi connectivity index (χ4v) is 4.86. The second-order valence-electron chi connectivity index (χ2n) is 8.10. The molecular formula is C23H17Cl2F3N4O3S. The number of benzene rings is 2. The van der Waals surface area contributed by atoms with Crippen molar-refractivity contribution >= 4 is 68.8 Å². The number of carbonyl (C=O) groups is 3. The number of amides is 3. The van der Waals surface area contributed by atoms with Crippen molar-refractivity contribution in [1.82, 2.24) is 4.98 Å². The number of carbonyl (C=O) groups excluding carboxylic acids is 3. The first-order valence-electron chi connectivity index (χ1n) is 10.4. The van der Waals surface area contributed by atoms with Crippen LogP contribution in [-0.4, -0.2) is 22.7 Å². The number of para-hydroxylation sites is 1. The van der Waals surface area contributed by atoms with E-state index >= 15 is 0 Å². The van der Waals surface area contributed by atoms with Gasteiger partial charge in [0.05, 0.1) is 32.7 Å². The first-order valence-corrected chi connectivity index (χ1v) is 12.0. The summed E-state index contributed by atoms with van der Waals surface area (Å²) >= 11 is 13.1. The number of rotatable bonds is 6. The van der Waals surface area contributed by atoms with Crippen LogP contribution in [0.3, 0.4) is 0 Å². The van der Waals surface area contributed by atoms with E-state index in [0.717, 1.165) is 34.4 Å². The molecule has 3 amide bonds. The summed E-state index contributed by atoms with van der Waals surface area (Å²) in [4.78, 5) is 44.0. The smallest absolute Gasteiger partial charge is 0.369 e. The van der Waals surface area contributed by atoms with Gasteiger partial charge in [-0.3, -0.25) is 19.3 Å². The second-order valence-corrected chi connectivity index (χ2v) is 9.89. The number of aryl methyl sites for hydroxylation is 1. The molecule has 188 valence electrons. The number of alkyl halides is 3. The number of halogens is 5. The van der Waals surface area contributed by atoms with Crippen LogP contribution in [-0.2, 0) is 15.8 Å². The van der Waals surface area contributed by atoms with Crippen LogP contribution < -0.4 is 16.0 Å². The van der Waals surface area contributed by atoms with E-state index in [9.17, 15) is 27.6 Å². The molecule has 0 aliphatic heterocycles. The Labute approximate surface area is 217 Å². The average Bonchev–Trinajstić information content (AvgIpc) is 3.53. The highest BCUT2D eigenvalue weighted by Crippen LogP contribution is 2.50. The van der Waals surface area contributed by atoms with Crippen molar-refractivity contribution in [3.05, 3.63) is 68.6 Å². The number of aromatic nitrogens is 1. The summed E-state index contributed by atoms with van der Waals surface area (Å²) in [5, 5.41) is 2.51. The number of anilines is 3. The van der Waals surface area contributed by atoms with Gasteiger partial charge in [0.25, 0.3) is 5.91 Å². The molecule has 0 saturated heterocycles. The van der Waals surface area contributed by atoms with Crippen molar-refractivity contribution in [2.75, 3.05) is 10.2 Å². The number of hydrogen-bond acceptors (Lipinski definition) is 5. The van der Waals surface area contributed by atoms with Crippen LogP contribution in [0.25, 0.3) is 0 Å². The quantitative estimate of drug-likeness (QED) is 0.365. The molecule has 1 aromatic heterocycles. The maximum absolute atomic E-state index is 13.5. The van der Waals surface area contributed by atoms with E-state index in [-0.39, 0.29) is 50.0 Å². The van der Waals surface area contributed by atoms with Gasteiger partial charge in [-0.2, -0.15) is 13.2 Å². The summed E-state index contributed by atoms with van der Waals surface area (Å²) in [6.45, 7) is 1.50. The Hall–Kier alpha value is -3.15. The minimum Gasteiger partial charge on any atom is -0.369 e. The van der Waals surface area contributed by atoms with E-state index in [1.807, 2.05) is 0 Å². The second kappa shape index (κ2) is 9.38. The molecule has 0 bridgehead atoms. The molecule has 4 rings (SSSR count).